The minimum Gasteiger partial charge on any atom is -0.469 e. The zero-order valence-electron chi connectivity index (χ0n) is 10.4. The summed E-state index contributed by atoms with van der Waals surface area (Å²) < 4.78 is 4.90. The van der Waals surface area contributed by atoms with E-state index >= 15 is 0 Å². The number of carbonyl (C=O) groups is 1. The van der Waals surface area contributed by atoms with E-state index in [-0.39, 0.29) is 12.0 Å². The summed E-state index contributed by atoms with van der Waals surface area (Å²) in [5.41, 5.74) is 7.98. The fraction of sp³-hybridized carbons (Fsp3) is 0.500. The van der Waals surface area contributed by atoms with Crippen LogP contribution in [0.3, 0.4) is 0 Å². The number of methoxy groups -OCH3 is 1. The lowest BCUT2D eigenvalue weighted by atomic mass is 9.62. The number of esters is 1. The monoisotopic (exact) mass is 233 g/mol. The van der Waals surface area contributed by atoms with Crippen LogP contribution in [0.25, 0.3) is 0 Å². The Morgan fingerprint density at radius 1 is 1.35 bits per heavy atom. The van der Waals surface area contributed by atoms with Crippen LogP contribution < -0.4 is 5.73 Å². The highest BCUT2D eigenvalue weighted by molar-refractivity contribution is 5.79. The standard InChI is InChI=1S/C14H19NO2/c1-10-4-6-11(7-5-10)12(15)14(8-3-9-14)13(16)17-2/h4-7,12H,3,8-9,15H2,1-2H3. The molecule has 17 heavy (non-hydrogen) atoms. The maximum Gasteiger partial charge on any atom is 0.313 e. The summed E-state index contributed by atoms with van der Waals surface area (Å²) in [6.45, 7) is 2.04. The van der Waals surface area contributed by atoms with Crippen molar-refractivity contribution < 1.29 is 9.53 Å². The minimum atomic E-state index is -0.496. The quantitative estimate of drug-likeness (QED) is 0.815. The van der Waals surface area contributed by atoms with Gasteiger partial charge in [-0.05, 0) is 25.3 Å². The smallest absolute Gasteiger partial charge is 0.313 e. The maximum absolute atomic E-state index is 11.9. The average Bonchev–Trinajstić information content (AvgIpc) is 2.28. The molecule has 0 spiro atoms. The predicted octanol–water partition coefficient (Wildman–Crippen LogP) is 2.34. The van der Waals surface area contributed by atoms with Gasteiger partial charge in [0.2, 0.25) is 0 Å². The van der Waals surface area contributed by atoms with Gasteiger partial charge in [0.15, 0.2) is 0 Å². The number of nitrogens with two attached hydrogens (primary N) is 1. The molecule has 1 aromatic carbocycles. The van der Waals surface area contributed by atoms with Gasteiger partial charge in [-0.1, -0.05) is 36.2 Å². The Hall–Kier alpha value is -1.35. The first-order chi connectivity index (χ1) is 8.10. The van der Waals surface area contributed by atoms with Crippen molar-refractivity contribution in [3.63, 3.8) is 0 Å². The molecule has 1 aromatic rings. The van der Waals surface area contributed by atoms with Crippen LogP contribution in [0.4, 0.5) is 0 Å². The second-order valence-corrected chi connectivity index (χ2v) is 4.89. The average molecular weight is 233 g/mol. The molecule has 2 N–H and O–H groups in total. The number of hydrogen-bond acceptors (Lipinski definition) is 3. The van der Waals surface area contributed by atoms with Crippen LogP contribution in [0.1, 0.15) is 36.4 Å². The molecule has 0 bridgehead atoms. The van der Waals surface area contributed by atoms with Crippen molar-refractivity contribution >= 4 is 5.97 Å². The molecule has 0 aliphatic heterocycles. The molecule has 3 nitrogen and oxygen atoms in total. The van der Waals surface area contributed by atoms with E-state index in [1.165, 1.54) is 12.7 Å². The minimum absolute atomic E-state index is 0.170. The summed E-state index contributed by atoms with van der Waals surface area (Å²) in [6.07, 6.45) is 2.71. The number of ether oxygens (including phenoxy) is 1. The molecule has 1 atom stereocenters. The molecule has 1 aliphatic rings. The lowest BCUT2D eigenvalue weighted by Crippen LogP contribution is -2.47. The number of benzene rings is 1. The van der Waals surface area contributed by atoms with Crippen LogP contribution in [0, 0.1) is 12.3 Å². The molecular weight excluding hydrogens is 214 g/mol. The maximum atomic E-state index is 11.9. The molecule has 2 rings (SSSR count). The molecular formula is C14H19NO2. The topological polar surface area (TPSA) is 52.3 Å². The second kappa shape index (κ2) is 4.49. The Labute approximate surface area is 102 Å². The molecule has 1 unspecified atom stereocenters. The van der Waals surface area contributed by atoms with Crippen LogP contribution >= 0.6 is 0 Å². The van der Waals surface area contributed by atoms with Gasteiger partial charge < -0.3 is 10.5 Å². The van der Waals surface area contributed by atoms with Crippen LogP contribution in [0.15, 0.2) is 24.3 Å². The van der Waals surface area contributed by atoms with E-state index in [1.807, 2.05) is 31.2 Å². The molecule has 92 valence electrons. The highest BCUT2D eigenvalue weighted by Crippen LogP contribution is 2.49. The first-order valence-electron chi connectivity index (χ1n) is 6.01. The van der Waals surface area contributed by atoms with Gasteiger partial charge in [0.05, 0.1) is 12.5 Å². The first-order valence-corrected chi connectivity index (χ1v) is 6.01. The van der Waals surface area contributed by atoms with Crippen molar-refractivity contribution in [3.8, 4) is 0 Å². The predicted molar refractivity (Wildman–Crippen MR) is 66.4 cm³/mol. The van der Waals surface area contributed by atoms with Crippen LogP contribution in [0.2, 0.25) is 0 Å². The Balaban J connectivity index is 2.26. The normalized spacial score (nSPS) is 19.2. The SMILES string of the molecule is COC(=O)C1(C(N)c2ccc(C)cc2)CCC1. The largest absolute Gasteiger partial charge is 0.469 e. The summed E-state index contributed by atoms with van der Waals surface area (Å²) in [5.74, 6) is -0.170. The van der Waals surface area contributed by atoms with Gasteiger partial charge >= 0.3 is 5.97 Å². The highest BCUT2D eigenvalue weighted by Gasteiger charge is 2.50. The molecule has 1 aliphatic carbocycles. The van der Waals surface area contributed by atoms with Crippen molar-refractivity contribution in [2.75, 3.05) is 7.11 Å². The molecule has 0 aromatic heterocycles. The summed E-state index contributed by atoms with van der Waals surface area (Å²) in [6, 6.07) is 7.80. The van der Waals surface area contributed by atoms with Gasteiger partial charge in [-0.3, -0.25) is 4.79 Å². The third-order valence-corrected chi connectivity index (χ3v) is 3.87. The molecule has 0 heterocycles. The third kappa shape index (κ3) is 1.95. The van der Waals surface area contributed by atoms with Crippen LogP contribution in [-0.2, 0) is 9.53 Å². The van der Waals surface area contributed by atoms with Crippen LogP contribution in [0.5, 0.6) is 0 Å². The summed E-state index contributed by atoms with van der Waals surface area (Å²) in [7, 11) is 1.43. The van der Waals surface area contributed by atoms with Crippen molar-refractivity contribution in [3.05, 3.63) is 35.4 Å². The summed E-state index contributed by atoms with van der Waals surface area (Å²) in [5, 5.41) is 0. The number of aryl methyl sites for hydroxylation is 1. The molecule has 0 radical (unpaired) electrons. The fourth-order valence-corrected chi connectivity index (χ4v) is 2.50. The van der Waals surface area contributed by atoms with Gasteiger partial charge in [-0.15, -0.1) is 0 Å². The molecule has 1 saturated carbocycles. The van der Waals surface area contributed by atoms with Crippen LogP contribution in [-0.4, -0.2) is 13.1 Å². The van der Waals surface area contributed by atoms with Gasteiger partial charge in [-0.2, -0.15) is 0 Å². The summed E-state index contributed by atoms with van der Waals surface area (Å²) >= 11 is 0. The van der Waals surface area contributed by atoms with Crippen molar-refractivity contribution in [1.29, 1.82) is 0 Å². The van der Waals surface area contributed by atoms with E-state index < -0.39 is 5.41 Å². The molecule has 1 fully saturated rings. The van der Waals surface area contributed by atoms with Gasteiger partial charge in [-0.25, -0.2) is 0 Å². The zero-order chi connectivity index (χ0) is 12.5. The van der Waals surface area contributed by atoms with E-state index in [9.17, 15) is 4.79 Å². The lowest BCUT2D eigenvalue weighted by molar-refractivity contribution is -0.160. The van der Waals surface area contributed by atoms with Crippen molar-refractivity contribution in [1.82, 2.24) is 0 Å². The zero-order valence-corrected chi connectivity index (χ0v) is 10.4. The number of rotatable bonds is 3. The third-order valence-electron chi connectivity index (χ3n) is 3.87. The summed E-state index contributed by atoms with van der Waals surface area (Å²) in [4.78, 5) is 11.9. The molecule has 3 heteroatoms. The number of carbonyl (C=O) groups excluding carboxylic acids is 1. The van der Waals surface area contributed by atoms with E-state index in [4.69, 9.17) is 10.5 Å². The van der Waals surface area contributed by atoms with Gasteiger partial charge in [0, 0.05) is 6.04 Å². The van der Waals surface area contributed by atoms with E-state index in [1.54, 1.807) is 0 Å². The Bertz CT molecular complexity index is 407. The molecule has 0 saturated heterocycles. The Morgan fingerprint density at radius 3 is 2.35 bits per heavy atom. The van der Waals surface area contributed by atoms with Crippen molar-refractivity contribution in [2.45, 2.75) is 32.2 Å². The van der Waals surface area contributed by atoms with Crippen molar-refractivity contribution in [2.24, 2.45) is 11.1 Å². The second-order valence-electron chi connectivity index (χ2n) is 4.89. The molecule has 0 amide bonds. The number of hydrogen-bond donors (Lipinski definition) is 1. The highest BCUT2D eigenvalue weighted by atomic mass is 16.5. The van der Waals surface area contributed by atoms with Gasteiger partial charge in [0.25, 0.3) is 0 Å². The van der Waals surface area contributed by atoms with E-state index in [0.29, 0.717) is 0 Å². The first kappa shape index (κ1) is 12.1. The van der Waals surface area contributed by atoms with E-state index in [2.05, 4.69) is 0 Å². The van der Waals surface area contributed by atoms with E-state index in [0.717, 1.165) is 24.8 Å². The Kier molecular flexibility index (Phi) is 3.20. The Morgan fingerprint density at radius 2 is 1.94 bits per heavy atom. The van der Waals surface area contributed by atoms with Gasteiger partial charge in [0.1, 0.15) is 0 Å². The lowest BCUT2D eigenvalue weighted by Gasteiger charge is -2.43. The fourth-order valence-electron chi connectivity index (χ4n) is 2.50.